The molecule has 0 aliphatic carbocycles. The Kier molecular flexibility index (Phi) is 10.1. The lowest BCUT2D eigenvalue weighted by atomic mass is 10.0. The Balaban J connectivity index is 2.30. The van der Waals surface area contributed by atoms with Gasteiger partial charge in [0.2, 0.25) is 11.8 Å². The van der Waals surface area contributed by atoms with Crippen molar-refractivity contribution in [3.63, 3.8) is 0 Å². The number of ether oxygens (including phenoxy) is 1. The average Bonchev–Trinajstić information content (AvgIpc) is 2.80. The van der Waals surface area contributed by atoms with Crippen molar-refractivity contribution in [1.29, 1.82) is 0 Å². The second-order valence-electron chi connectivity index (χ2n) is 8.93. The van der Waals surface area contributed by atoms with Gasteiger partial charge in [-0.2, -0.15) is 0 Å². The molecule has 0 aliphatic rings. The van der Waals surface area contributed by atoms with E-state index in [0.29, 0.717) is 18.5 Å². The first-order valence-electron chi connectivity index (χ1n) is 11.4. The van der Waals surface area contributed by atoms with Gasteiger partial charge in [-0.05, 0) is 38.3 Å². The lowest BCUT2D eigenvalue weighted by Gasteiger charge is -2.34. The summed E-state index contributed by atoms with van der Waals surface area (Å²) in [5.41, 5.74) is 0.792. The molecule has 184 valence electrons. The molecule has 0 saturated heterocycles. The predicted molar refractivity (Wildman–Crippen MR) is 130 cm³/mol. The van der Waals surface area contributed by atoms with Gasteiger partial charge in [-0.25, -0.2) is 4.79 Å². The highest BCUT2D eigenvalue weighted by Gasteiger charge is 2.35. The van der Waals surface area contributed by atoms with Crippen LogP contribution in [0.3, 0.4) is 0 Å². The van der Waals surface area contributed by atoms with Crippen molar-refractivity contribution >= 4 is 17.9 Å². The Labute approximate surface area is 201 Å². The quantitative estimate of drug-likeness (QED) is 0.495. The topological polar surface area (TPSA) is 108 Å². The van der Waals surface area contributed by atoms with Crippen LogP contribution in [0.5, 0.6) is 0 Å². The standard InChI is InChI=1S/C26H35N3O5/c1-5-16-29(24(32)21(18-30)28-25(33)34-26(2,3)4)22(20-14-10-7-11-15-20)23(31)27-17-19-12-8-6-9-13-19/h6-15,21-22,30H,5,16-18H2,1-4H3,(H,27,31)(H,28,33). The van der Waals surface area contributed by atoms with Gasteiger partial charge in [-0.1, -0.05) is 67.6 Å². The zero-order chi connectivity index (χ0) is 25.1. The molecule has 0 aliphatic heterocycles. The number of hydrogen-bond donors (Lipinski definition) is 3. The van der Waals surface area contributed by atoms with Crippen LogP contribution in [0.2, 0.25) is 0 Å². The molecule has 2 atom stereocenters. The molecule has 0 aromatic heterocycles. The zero-order valence-electron chi connectivity index (χ0n) is 20.3. The van der Waals surface area contributed by atoms with E-state index in [0.717, 1.165) is 5.56 Å². The van der Waals surface area contributed by atoms with Crippen LogP contribution in [-0.4, -0.2) is 52.7 Å². The third-order valence-corrected chi connectivity index (χ3v) is 4.90. The third kappa shape index (κ3) is 8.19. The summed E-state index contributed by atoms with van der Waals surface area (Å²) in [6.07, 6.45) is -0.243. The normalized spacial score (nSPS) is 12.9. The van der Waals surface area contributed by atoms with E-state index in [9.17, 15) is 19.5 Å². The molecule has 8 heteroatoms. The summed E-state index contributed by atoms with van der Waals surface area (Å²) in [5.74, 6) is -0.926. The van der Waals surface area contributed by atoms with Crippen molar-refractivity contribution in [2.75, 3.05) is 13.2 Å². The second kappa shape index (κ2) is 12.7. The minimum absolute atomic E-state index is 0.254. The number of carbonyl (C=O) groups is 3. The van der Waals surface area contributed by atoms with Gasteiger partial charge in [0, 0.05) is 13.1 Å². The van der Waals surface area contributed by atoms with Gasteiger partial charge in [0.25, 0.3) is 0 Å². The number of rotatable bonds is 10. The number of aliphatic hydroxyl groups excluding tert-OH is 1. The van der Waals surface area contributed by atoms with Gasteiger partial charge >= 0.3 is 6.09 Å². The Morgan fingerprint density at radius 1 is 1.00 bits per heavy atom. The van der Waals surface area contributed by atoms with Gasteiger partial charge in [0.1, 0.15) is 17.7 Å². The van der Waals surface area contributed by atoms with E-state index in [1.807, 2.05) is 43.3 Å². The van der Waals surface area contributed by atoms with Crippen LogP contribution in [-0.2, 0) is 20.9 Å². The highest BCUT2D eigenvalue weighted by Crippen LogP contribution is 2.23. The first-order valence-corrected chi connectivity index (χ1v) is 11.4. The van der Waals surface area contributed by atoms with Crippen molar-refractivity contribution in [2.45, 2.75) is 58.3 Å². The van der Waals surface area contributed by atoms with Crippen LogP contribution in [0.4, 0.5) is 4.79 Å². The molecule has 0 spiro atoms. The molecule has 2 unspecified atom stereocenters. The van der Waals surface area contributed by atoms with E-state index in [-0.39, 0.29) is 12.5 Å². The number of hydrogen-bond acceptors (Lipinski definition) is 5. The van der Waals surface area contributed by atoms with E-state index in [4.69, 9.17) is 4.74 Å². The average molecular weight is 470 g/mol. The minimum Gasteiger partial charge on any atom is -0.444 e. The van der Waals surface area contributed by atoms with E-state index in [1.54, 1.807) is 45.0 Å². The van der Waals surface area contributed by atoms with E-state index < -0.39 is 36.3 Å². The maximum atomic E-state index is 13.5. The van der Waals surface area contributed by atoms with Crippen LogP contribution in [0, 0.1) is 0 Å². The maximum absolute atomic E-state index is 13.5. The molecule has 0 fully saturated rings. The summed E-state index contributed by atoms with van der Waals surface area (Å²) in [5, 5.41) is 15.2. The number of nitrogens with one attached hydrogen (secondary N) is 2. The van der Waals surface area contributed by atoms with Gasteiger partial charge in [0.15, 0.2) is 0 Å². The Bertz CT molecular complexity index is 928. The highest BCUT2D eigenvalue weighted by atomic mass is 16.6. The van der Waals surface area contributed by atoms with Crippen molar-refractivity contribution < 1.29 is 24.2 Å². The lowest BCUT2D eigenvalue weighted by molar-refractivity contribution is -0.143. The maximum Gasteiger partial charge on any atom is 0.408 e. The predicted octanol–water partition coefficient (Wildman–Crippen LogP) is 3.17. The van der Waals surface area contributed by atoms with Crippen LogP contribution in [0.25, 0.3) is 0 Å². The lowest BCUT2D eigenvalue weighted by Crippen LogP contribution is -2.54. The Morgan fingerprint density at radius 3 is 2.12 bits per heavy atom. The van der Waals surface area contributed by atoms with Crippen LogP contribution in [0.15, 0.2) is 60.7 Å². The van der Waals surface area contributed by atoms with Crippen LogP contribution in [0.1, 0.15) is 51.3 Å². The van der Waals surface area contributed by atoms with Crippen LogP contribution >= 0.6 is 0 Å². The smallest absolute Gasteiger partial charge is 0.408 e. The summed E-state index contributed by atoms with van der Waals surface area (Å²) in [6.45, 7) is 6.92. The monoisotopic (exact) mass is 469 g/mol. The number of nitrogens with zero attached hydrogens (tertiary/aromatic N) is 1. The van der Waals surface area contributed by atoms with Crippen LogP contribution < -0.4 is 10.6 Å². The molecule has 2 aromatic carbocycles. The molecule has 3 amide bonds. The largest absolute Gasteiger partial charge is 0.444 e. The summed E-state index contributed by atoms with van der Waals surface area (Å²) >= 11 is 0. The number of aliphatic hydroxyl groups is 1. The summed E-state index contributed by atoms with van der Waals surface area (Å²) in [4.78, 5) is 40.5. The molecular formula is C26H35N3O5. The molecule has 3 N–H and O–H groups in total. The number of amides is 3. The van der Waals surface area contributed by atoms with Gasteiger partial charge in [0.05, 0.1) is 6.61 Å². The first-order chi connectivity index (χ1) is 16.2. The molecule has 8 nitrogen and oxygen atoms in total. The van der Waals surface area contributed by atoms with E-state index >= 15 is 0 Å². The molecule has 0 heterocycles. The van der Waals surface area contributed by atoms with Crippen molar-refractivity contribution in [3.05, 3.63) is 71.8 Å². The number of carbonyl (C=O) groups excluding carboxylic acids is 3. The third-order valence-electron chi connectivity index (χ3n) is 4.90. The highest BCUT2D eigenvalue weighted by molar-refractivity contribution is 5.92. The summed E-state index contributed by atoms with van der Waals surface area (Å²) < 4.78 is 5.23. The SMILES string of the molecule is CCCN(C(=O)C(CO)NC(=O)OC(C)(C)C)C(C(=O)NCc1ccccc1)c1ccccc1. The Morgan fingerprint density at radius 2 is 1.59 bits per heavy atom. The molecule has 0 radical (unpaired) electrons. The van der Waals surface area contributed by atoms with Crippen molar-refractivity contribution in [3.8, 4) is 0 Å². The molecular weight excluding hydrogens is 434 g/mol. The van der Waals surface area contributed by atoms with E-state index in [1.165, 1.54) is 4.90 Å². The van der Waals surface area contributed by atoms with E-state index in [2.05, 4.69) is 10.6 Å². The molecule has 2 aromatic rings. The molecule has 2 rings (SSSR count). The molecule has 0 bridgehead atoms. The van der Waals surface area contributed by atoms with Crippen molar-refractivity contribution in [1.82, 2.24) is 15.5 Å². The summed E-state index contributed by atoms with van der Waals surface area (Å²) in [7, 11) is 0. The summed E-state index contributed by atoms with van der Waals surface area (Å²) in [6, 6.07) is 16.2. The molecule has 34 heavy (non-hydrogen) atoms. The number of benzene rings is 2. The number of alkyl carbamates (subject to hydrolysis) is 1. The van der Waals surface area contributed by atoms with Gasteiger partial charge < -0.3 is 25.4 Å². The second-order valence-corrected chi connectivity index (χ2v) is 8.93. The fraction of sp³-hybridized carbons (Fsp3) is 0.423. The fourth-order valence-corrected chi connectivity index (χ4v) is 3.43. The fourth-order valence-electron chi connectivity index (χ4n) is 3.43. The Hall–Kier alpha value is -3.39. The van der Waals surface area contributed by atoms with Crippen molar-refractivity contribution in [2.24, 2.45) is 0 Å². The molecule has 0 saturated carbocycles. The zero-order valence-corrected chi connectivity index (χ0v) is 20.3. The first kappa shape index (κ1) is 26.9. The van der Waals surface area contributed by atoms with Gasteiger partial charge in [-0.3, -0.25) is 9.59 Å². The minimum atomic E-state index is -1.26. The van der Waals surface area contributed by atoms with Gasteiger partial charge in [-0.15, -0.1) is 0 Å².